The fourth-order valence-electron chi connectivity index (χ4n) is 1.76. The number of benzene rings is 2. The van der Waals surface area contributed by atoms with Crippen molar-refractivity contribution in [3.8, 4) is 5.75 Å². The van der Waals surface area contributed by atoms with Gasteiger partial charge in [-0.2, -0.15) is 0 Å². The maximum absolute atomic E-state index is 10.8. The monoisotopic (exact) mass is 291 g/mol. The molecule has 6 heteroatoms. The minimum atomic E-state index is -0.620. The molecule has 104 valence electrons. The van der Waals surface area contributed by atoms with Gasteiger partial charge in [0.25, 0.3) is 0 Å². The van der Waals surface area contributed by atoms with E-state index in [1.165, 1.54) is 0 Å². The van der Waals surface area contributed by atoms with Crippen LogP contribution in [0.4, 0.5) is 16.2 Å². The number of rotatable bonds is 4. The zero-order valence-corrected chi connectivity index (χ0v) is 11.3. The van der Waals surface area contributed by atoms with E-state index in [-0.39, 0.29) is 5.75 Å². The first-order chi connectivity index (χ1) is 9.56. The highest BCUT2D eigenvalue weighted by molar-refractivity contribution is 6.31. The molecule has 2 rings (SSSR count). The van der Waals surface area contributed by atoms with E-state index in [0.717, 1.165) is 5.69 Å². The van der Waals surface area contributed by atoms with Gasteiger partial charge in [0.2, 0.25) is 0 Å². The Morgan fingerprint density at radius 2 is 1.90 bits per heavy atom. The number of carbonyl (C=O) groups is 1. The van der Waals surface area contributed by atoms with Crippen LogP contribution < -0.4 is 16.4 Å². The Bertz CT molecular complexity index is 611. The first kappa shape index (κ1) is 14.0. The minimum Gasteiger partial charge on any atom is -0.508 e. The maximum atomic E-state index is 10.8. The van der Waals surface area contributed by atoms with Crippen LogP contribution in [0.1, 0.15) is 5.56 Å². The van der Waals surface area contributed by atoms with Gasteiger partial charge in [-0.1, -0.05) is 23.7 Å². The Labute approximate surface area is 121 Å². The molecule has 2 aromatic carbocycles. The van der Waals surface area contributed by atoms with Crippen molar-refractivity contribution < 1.29 is 9.90 Å². The lowest BCUT2D eigenvalue weighted by atomic mass is 10.2. The zero-order valence-electron chi connectivity index (χ0n) is 10.6. The van der Waals surface area contributed by atoms with E-state index in [2.05, 4.69) is 10.6 Å². The number of urea groups is 1. The highest BCUT2D eigenvalue weighted by atomic mass is 35.5. The Morgan fingerprint density at radius 3 is 2.60 bits per heavy atom. The molecule has 0 aliphatic carbocycles. The molecule has 0 heterocycles. The average molecular weight is 292 g/mol. The van der Waals surface area contributed by atoms with Gasteiger partial charge < -0.3 is 21.5 Å². The number of nitrogens with two attached hydrogens (primary N) is 1. The lowest BCUT2D eigenvalue weighted by molar-refractivity contribution is 0.259. The molecule has 2 amide bonds. The summed E-state index contributed by atoms with van der Waals surface area (Å²) in [5.74, 6) is 0.136. The predicted octanol–water partition coefficient (Wildman–Crippen LogP) is 3.15. The summed E-state index contributed by atoms with van der Waals surface area (Å²) in [5, 5.41) is 15.8. The zero-order chi connectivity index (χ0) is 14.5. The van der Waals surface area contributed by atoms with Gasteiger partial charge >= 0.3 is 6.03 Å². The highest BCUT2D eigenvalue weighted by Gasteiger charge is 2.06. The second kappa shape index (κ2) is 6.16. The molecule has 0 atom stereocenters. The van der Waals surface area contributed by atoms with Gasteiger partial charge in [0.15, 0.2) is 0 Å². The number of carbonyl (C=O) groups excluding carboxylic acids is 1. The van der Waals surface area contributed by atoms with Crippen molar-refractivity contribution in [3.63, 3.8) is 0 Å². The van der Waals surface area contributed by atoms with Crippen molar-refractivity contribution in [3.05, 3.63) is 53.1 Å². The Hall–Kier alpha value is -2.40. The van der Waals surface area contributed by atoms with Gasteiger partial charge in [0.05, 0.1) is 0 Å². The summed E-state index contributed by atoms with van der Waals surface area (Å²) in [5.41, 5.74) is 7.03. The third kappa shape index (κ3) is 3.55. The predicted molar refractivity (Wildman–Crippen MR) is 80.1 cm³/mol. The number of nitrogens with one attached hydrogen (secondary N) is 2. The van der Waals surface area contributed by atoms with E-state index >= 15 is 0 Å². The first-order valence-electron chi connectivity index (χ1n) is 5.93. The lowest BCUT2D eigenvalue weighted by Crippen LogP contribution is -2.19. The van der Waals surface area contributed by atoms with E-state index in [4.69, 9.17) is 17.3 Å². The summed E-state index contributed by atoms with van der Waals surface area (Å²) in [4.78, 5) is 10.8. The molecule has 0 radical (unpaired) electrons. The van der Waals surface area contributed by atoms with Crippen LogP contribution in [0.2, 0.25) is 5.02 Å². The molecule has 0 unspecified atom stereocenters. The topological polar surface area (TPSA) is 87.4 Å². The summed E-state index contributed by atoms with van der Waals surface area (Å²) in [6.07, 6.45) is 0. The van der Waals surface area contributed by atoms with Crippen LogP contribution in [0.5, 0.6) is 5.75 Å². The van der Waals surface area contributed by atoms with Gasteiger partial charge in [-0.15, -0.1) is 0 Å². The smallest absolute Gasteiger partial charge is 0.316 e. The second-order valence-electron chi connectivity index (χ2n) is 4.16. The van der Waals surface area contributed by atoms with E-state index in [1.807, 2.05) is 6.07 Å². The molecule has 5 N–H and O–H groups in total. The number of primary amides is 1. The van der Waals surface area contributed by atoms with Gasteiger partial charge in [-0.05, 0) is 30.3 Å². The fraction of sp³-hybridized carbons (Fsp3) is 0.0714. The van der Waals surface area contributed by atoms with Crippen LogP contribution in [0.25, 0.3) is 0 Å². The molecular formula is C14H14ClN3O2. The normalized spacial score (nSPS) is 10.1. The van der Waals surface area contributed by atoms with Gasteiger partial charge in [-0.25, -0.2) is 4.79 Å². The van der Waals surface area contributed by atoms with Crippen LogP contribution in [0.3, 0.4) is 0 Å². The molecule has 0 spiro atoms. The minimum absolute atomic E-state index is 0.136. The molecule has 20 heavy (non-hydrogen) atoms. The molecular weight excluding hydrogens is 278 g/mol. The molecule has 0 aromatic heterocycles. The number of hydrogen-bond donors (Lipinski definition) is 4. The number of anilines is 2. The largest absolute Gasteiger partial charge is 0.508 e. The van der Waals surface area contributed by atoms with Crippen molar-refractivity contribution in [2.45, 2.75) is 6.54 Å². The van der Waals surface area contributed by atoms with Crippen molar-refractivity contribution >= 4 is 29.0 Å². The third-order valence-corrected chi connectivity index (χ3v) is 3.05. The van der Waals surface area contributed by atoms with Crippen LogP contribution in [-0.4, -0.2) is 11.1 Å². The van der Waals surface area contributed by atoms with Crippen molar-refractivity contribution in [1.82, 2.24) is 0 Å². The van der Waals surface area contributed by atoms with Gasteiger partial charge in [-0.3, -0.25) is 0 Å². The molecule has 0 aliphatic rings. The van der Waals surface area contributed by atoms with Gasteiger partial charge in [0.1, 0.15) is 5.75 Å². The van der Waals surface area contributed by atoms with Crippen molar-refractivity contribution in [2.75, 3.05) is 10.6 Å². The SMILES string of the molecule is NC(=O)Nc1cccc(NCc2c(O)cccc2Cl)c1. The molecule has 0 fully saturated rings. The number of phenols is 1. The number of halogens is 1. The van der Waals surface area contributed by atoms with E-state index < -0.39 is 6.03 Å². The Kier molecular flexibility index (Phi) is 4.32. The average Bonchev–Trinajstić information content (AvgIpc) is 2.38. The second-order valence-corrected chi connectivity index (χ2v) is 4.57. The highest BCUT2D eigenvalue weighted by Crippen LogP contribution is 2.26. The number of phenolic OH excluding ortho intramolecular Hbond substituents is 1. The quantitative estimate of drug-likeness (QED) is 0.698. The number of hydrogen-bond acceptors (Lipinski definition) is 3. The van der Waals surface area contributed by atoms with Crippen molar-refractivity contribution in [2.24, 2.45) is 5.73 Å². The number of aromatic hydroxyl groups is 1. The Balaban J connectivity index is 2.09. The van der Waals surface area contributed by atoms with Crippen LogP contribution in [0, 0.1) is 0 Å². The lowest BCUT2D eigenvalue weighted by Gasteiger charge is -2.11. The summed E-state index contributed by atoms with van der Waals surface area (Å²) in [6.45, 7) is 0.367. The molecule has 0 aliphatic heterocycles. The molecule has 0 saturated carbocycles. The fourth-order valence-corrected chi connectivity index (χ4v) is 2.00. The molecule has 0 bridgehead atoms. The van der Waals surface area contributed by atoms with Crippen molar-refractivity contribution in [1.29, 1.82) is 0 Å². The third-order valence-electron chi connectivity index (χ3n) is 2.69. The standard InChI is InChI=1S/C14H14ClN3O2/c15-12-5-2-6-13(19)11(12)8-17-9-3-1-4-10(7-9)18-14(16)20/h1-7,17,19H,8H2,(H3,16,18,20). The van der Waals surface area contributed by atoms with E-state index in [9.17, 15) is 9.90 Å². The van der Waals surface area contributed by atoms with Crippen LogP contribution in [-0.2, 0) is 6.54 Å². The summed E-state index contributed by atoms with van der Waals surface area (Å²) < 4.78 is 0. The van der Waals surface area contributed by atoms with E-state index in [0.29, 0.717) is 22.8 Å². The van der Waals surface area contributed by atoms with E-state index in [1.54, 1.807) is 36.4 Å². The molecule has 5 nitrogen and oxygen atoms in total. The summed E-state index contributed by atoms with van der Waals surface area (Å²) >= 11 is 6.02. The summed E-state index contributed by atoms with van der Waals surface area (Å²) in [6, 6.07) is 11.4. The van der Waals surface area contributed by atoms with Crippen LogP contribution >= 0.6 is 11.6 Å². The number of amides is 2. The first-order valence-corrected chi connectivity index (χ1v) is 6.31. The Morgan fingerprint density at radius 1 is 1.20 bits per heavy atom. The van der Waals surface area contributed by atoms with Crippen LogP contribution in [0.15, 0.2) is 42.5 Å². The molecule has 0 saturated heterocycles. The van der Waals surface area contributed by atoms with Gasteiger partial charge in [0, 0.05) is 28.5 Å². The molecule has 2 aromatic rings. The maximum Gasteiger partial charge on any atom is 0.316 e. The summed E-state index contributed by atoms with van der Waals surface area (Å²) in [7, 11) is 0.